The highest BCUT2D eigenvalue weighted by Gasteiger charge is 2.58. The topological polar surface area (TPSA) is 38.7 Å². The molecule has 0 aromatic carbocycles. The molecule has 3 nitrogen and oxygen atoms in total. The normalized spacial score (nSPS) is 52.5. The van der Waals surface area contributed by atoms with E-state index < -0.39 is 0 Å². The molecule has 1 saturated heterocycles. The van der Waals surface area contributed by atoms with Gasteiger partial charge in [0.25, 0.3) is 0 Å². The summed E-state index contributed by atoms with van der Waals surface area (Å²) in [6, 6.07) is 0. The van der Waals surface area contributed by atoms with Crippen molar-refractivity contribution in [2.75, 3.05) is 13.2 Å². The van der Waals surface area contributed by atoms with Crippen molar-refractivity contribution in [1.82, 2.24) is 0 Å². The molecule has 134 valence electrons. The molecule has 1 heterocycles. The second kappa shape index (κ2) is 5.31. The minimum atomic E-state index is -0.266. The van der Waals surface area contributed by atoms with E-state index in [1.807, 2.05) is 0 Å². The number of hydrogen-bond acceptors (Lipinski definition) is 3. The second-order valence-corrected chi connectivity index (χ2v) is 9.53. The minimum Gasteiger partial charge on any atom is -0.393 e. The molecule has 4 aliphatic carbocycles. The minimum absolute atomic E-state index is 0.0551. The Balaban J connectivity index is 1.47. The van der Waals surface area contributed by atoms with Crippen LogP contribution in [0.15, 0.2) is 11.6 Å². The largest absolute Gasteiger partial charge is 0.393 e. The molecule has 6 unspecified atom stereocenters. The van der Waals surface area contributed by atoms with Gasteiger partial charge in [0, 0.05) is 12.8 Å². The maximum absolute atomic E-state index is 10.4. The van der Waals surface area contributed by atoms with Crippen LogP contribution in [0.4, 0.5) is 0 Å². The molecule has 3 heteroatoms. The van der Waals surface area contributed by atoms with Crippen LogP contribution in [0.1, 0.15) is 58.8 Å². The van der Waals surface area contributed by atoms with Crippen LogP contribution < -0.4 is 0 Å². The third kappa shape index (κ3) is 2.07. The maximum atomic E-state index is 10.4. The molecule has 0 aromatic rings. The molecular weight excluding hydrogens is 300 g/mol. The molecule has 3 saturated carbocycles. The van der Waals surface area contributed by atoms with Gasteiger partial charge in [0.15, 0.2) is 5.79 Å². The molecule has 1 aliphatic heterocycles. The van der Waals surface area contributed by atoms with Crippen molar-refractivity contribution < 1.29 is 14.6 Å². The van der Waals surface area contributed by atoms with E-state index in [1.165, 1.54) is 19.3 Å². The molecule has 1 spiro atoms. The third-order valence-corrected chi connectivity index (χ3v) is 8.50. The predicted molar refractivity (Wildman–Crippen MR) is 92.3 cm³/mol. The number of aliphatic hydroxyl groups is 1. The Labute approximate surface area is 145 Å². The quantitative estimate of drug-likeness (QED) is 0.684. The van der Waals surface area contributed by atoms with Crippen molar-refractivity contribution in [2.45, 2.75) is 70.7 Å². The summed E-state index contributed by atoms with van der Waals surface area (Å²) in [5.41, 5.74) is 2.07. The molecule has 0 amide bonds. The van der Waals surface area contributed by atoms with Gasteiger partial charge in [-0.3, -0.25) is 0 Å². The van der Waals surface area contributed by atoms with E-state index in [4.69, 9.17) is 9.47 Å². The fourth-order valence-corrected chi connectivity index (χ4v) is 7.26. The Kier molecular flexibility index (Phi) is 3.51. The van der Waals surface area contributed by atoms with Crippen LogP contribution in [-0.2, 0) is 9.47 Å². The van der Waals surface area contributed by atoms with Crippen molar-refractivity contribution in [3.05, 3.63) is 11.6 Å². The molecule has 7 atom stereocenters. The summed E-state index contributed by atoms with van der Waals surface area (Å²) < 4.78 is 12.1. The summed E-state index contributed by atoms with van der Waals surface area (Å²) in [6.45, 7) is 6.52. The lowest BCUT2D eigenvalue weighted by Crippen LogP contribution is -2.52. The average Bonchev–Trinajstić information content (AvgIpc) is 3.17. The summed E-state index contributed by atoms with van der Waals surface area (Å²) in [5.74, 6) is 3.11. The van der Waals surface area contributed by atoms with E-state index in [9.17, 15) is 5.11 Å². The Morgan fingerprint density at radius 3 is 2.71 bits per heavy atom. The lowest BCUT2D eigenvalue weighted by Gasteiger charge is -2.58. The summed E-state index contributed by atoms with van der Waals surface area (Å²) in [5, 5.41) is 10.4. The highest BCUT2D eigenvalue weighted by atomic mass is 16.7. The van der Waals surface area contributed by atoms with Gasteiger partial charge in [0.2, 0.25) is 0 Å². The molecule has 0 radical (unpaired) electrons. The van der Waals surface area contributed by atoms with Gasteiger partial charge in [-0.15, -0.1) is 0 Å². The molecule has 1 N–H and O–H groups in total. The first kappa shape index (κ1) is 15.8. The summed E-state index contributed by atoms with van der Waals surface area (Å²) >= 11 is 0. The van der Waals surface area contributed by atoms with Crippen molar-refractivity contribution in [3.8, 4) is 0 Å². The number of ether oxygens (including phenoxy) is 2. The Morgan fingerprint density at radius 2 is 1.92 bits per heavy atom. The van der Waals surface area contributed by atoms with E-state index >= 15 is 0 Å². The van der Waals surface area contributed by atoms with Crippen molar-refractivity contribution >= 4 is 0 Å². The summed E-state index contributed by atoms with van der Waals surface area (Å²) in [7, 11) is 0. The van der Waals surface area contributed by atoms with Gasteiger partial charge in [0.1, 0.15) is 0 Å². The number of rotatable bonds is 0. The zero-order valence-electron chi connectivity index (χ0n) is 15.2. The lowest BCUT2D eigenvalue weighted by molar-refractivity contribution is -0.209. The number of aliphatic hydroxyl groups excluding tert-OH is 1. The van der Waals surface area contributed by atoms with E-state index in [2.05, 4.69) is 19.9 Å². The highest BCUT2D eigenvalue weighted by Crippen LogP contribution is 2.64. The molecule has 0 bridgehead atoms. The molecule has 4 fully saturated rings. The van der Waals surface area contributed by atoms with Crippen molar-refractivity contribution in [1.29, 1.82) is 0 Å². The van der Waals surface area contributed by atoms with Gasteiger partial charge >= 0.3 is 0 Å². The smallest absolute Gasteiger partial charge is 0.168 e. The zero-order chi connectivity index (χ0) is 16.5. The van der Waals surface area contributed by atoms with Gasteiger partial charge in [-0.2, -0.15) is 0 Å². The van der Waals surface area contributed by atoms with Gasteiger partial charge < -0.3 is 14.6 Å². The van der Waals surface area contributed by atoms with Crippen LogP contribution in [0.25, 0.3) is 0 Å². The summed E-state index contributed by atoms with van der Waals surface area (Å²) in [4.78, 5) is 0. The van der Waals surface area contributed by atoms with Crippen LogP contribution >= 0.6 is 0 Å². The first-order valence-corrected chi connectivity index (χ1v) is 10.2. The predicted octanol–water partition coefficient (Wildman–Crippen LogP) is 3.91. The molecular formula is C21H32O3. The van der Waals surface area contributed by atoms with Crippen molar-refractivity contribution in [3.63, 3.8) is 0 Å². The fraction of sp³-hybridized carbons (Fsp3) is 0.905. The number of hydrogen-bond donors (Lipinski definition) is 1. The van der Waals surface area contributed by atoms with E-state index in [0.717, 1.165) is 50.7 Å². The van der Waals surface area contributed by atoms with Crippen LogP contribution in [-0.4, -0.2) is 30.2 Å². The van der Waals surface area contributed by atoms with E-state index in [1.54, 1.807) is 5.57 Å². The zero-order valence-corrected chi connectivity index (χ0v) is 15.2. The number of fused-ring (bicyclic) bond motifs is 5. The summed E-state index contributed by atoms with van der Waals surface area (Å²) in [6.07, 6.45) is 10.5. The van der Waals surface area contributed by atoms with Crippen LogP contribution in [0.3, 0.4) is 0 Å². The third-order valence-electron chi connectivity index (χ3n) is 8.50. The van der Waals surface area contributed by atoms with Gasteiger partial charge in [-0.25, -0.2) is 0 Å². The monoisotopic (exact) mass is 332 g/mol. The van der Waals surface area contributed by atoms with Crippen molar-refractivity contribution in [2.24, 2.45) is 35.0 Å². The fourth-order valence-electron chi connectivity index (χ4n) is 7.26. The van der Waals surface area contributed by atoms with Crippen LogP contribution in [0.2, 0.25) is 0 Å². The van der Waals surface area contributed by atoms with Crippen LogP contribution in [0.5, 0.6) is 0 Å². The second-order valence-electron chi connectivity index (χ2n) is 9.53. The molecule has 0 aromatic heterocycles. The Hall–Kier alpha value is -0.380. The van der Waals surface area contributed by atoms with Crippen LogP contribution in [0, 0.1) is 35.0 Å². The standard InChI is InChI=1S/C21H32O3/c1-13-11-14-12-21(23-9-10-24-21)8-7-20(14,2)17-5-3-15-16(19(13)17)4-6-18(15)22/h5,13-16,18-19,22H,3-4,6-12H2,1-2H3/t13-,14?,15?,16?,18?,19?,20?/m1/s1. The average molecular weight is 332 g/mol. The first-order chi connectivity index (χ1) is 11.5. The maximum Gasteiger partial charge on any atom is 0.168 e. The Bertz CT molecular complexity index is 549. The SMILES string of the molecule is C[C@@H]1CC2CC3(CCC2(C)C2=CCC4C(O)CCC4C21)OCCO3. The molecule has 5 rings (SSSR count). The van der Waals surface area contributed by atoms with Gasteiger partial charge in [0.05, 0.1) is 19.3 Å². The first-order valence-electron chi connectivity index (χ1n) is 10.2. The van der Waals surface area contributed by atoms with E-state index in [-0.39, 0.29) is 11.9 Å². The van der Waals surface area contributed by atoms with E-state index in [0.29, 0.717) is 23.2 Å². The highest BCUT2D eigenvalue weighted by molar-refractivity contribution is 5.28. The van der Waals surface area contributed by atoms with Gasteiger partial charge in [-0.1, -0.05) is 25.5 Å². The Morgan fingerprint density at radius 1 is 1.12 bits per heavy atom. The van der Waals surface area contributed by atoms with Gasteiger partial charge in [-0.05, 0) is 67.1 Å². The molecule has 5 aliphatic rings. The molecule has 24 heavy (non-hydrogen) atoms. The lowest BCUT2D eigenvalue weighted by atomic mass is 9.48. The number of allylic oxidation sites excluding steroid dienone is 2.